The Balaban J connectivity index is 1.81. The average molecular weight is 374 g/mol. The van der Waals surface area contributed by atoms with Gasteiger partial charge in [-0.25, -0.2) is 9.18 Å². The van der Waals surface area contributed by atoms with Gasteiger partial charge in [-0.15, -0.1) is 0 Å². The van der Waals surface area contributed by atoms with Gasteiger partial charge in [0.15, 0.2) is 0 Å². The molecule has 1 aromatic carbocycles. The van der Waals surface area contributed by atoms with Gasteiger partial charge in [-0.3, -0.25) is 0 Å². The fourth-order valence-electron chi connectivity index (χ4n) is 4.46. The fourth-order valence-corrected chi connectivity index (χ4v) is 4.46. The van der Waals surface area contributed by atoms with Gasteiger partial charge in [-0.05, 0) is 76.6 Å². The van der Waals surface area contributed by atoms with E-state index in [1.807, 2.05) is 20.8 Å². The second-order valence-corrected chi connectivity index (χ2v) is 8.85. The van der Waals surface area contributed by atoms with Crippen molar-refractivity contribution < 1.29 is 19.0 Å². The Kier molecular flexibility index (Phi) is 5.18. The van der Waals surface area contributed by atoms with E-state index in [2.05, 4.69) is 6.07 Å². The number of benzene rings is 1. The molecule has 2 heterocycles. The van der Waals surface area contributed by atoms with E-state index in [1.54, 1.807) is 4.90 Å². The second-order valence-electron chi connectivity index (χ2n) is 8.85. The molecule has 0 aliphatic carbocycles. The molecule has 3 rings (SSSR count). The highest BCUT2D eigenvalue weighted by Gasteiger charge is 2.48. The molecule has 146 valence electrons. The first-order valence-corrected chi connectivity index (χ1v) is 9.52. The minimum absolute atomic E-state index is 0.101. The van der Waals surface area contributed by atoms with Crippen LogP contribution in [0.3, 0.4) is 0 Å². The lowest BCUT2D eigenvalue weighted by atomic mass is 9.73. The molecule has 1 N–H and O–H groups in total. The van der Waals surface area contributed by atoms with Gasteiger partial charge in [-0.2, -0.15) is 5.26 Å². The van der Waals surface area contributed by atoms with Crippen LogP contribution in [0.1, 0.15) is 64.0 Å². The molecule has 1 aromatic rings. The first kappa shape index (κ1) is 19.6. The molecule has 2 atom stereocenters. The van der Waals surface area contributed by atoms with E-state index in [1.165, 1.54) is 18.2 Å². The molecule has 0 spiro atoms. The number of hydrogen-bond acceptors (Lipinski definition) is 4. The number of piperidine rings is 2. The van der Waals surface area contributed by atoms with Crippen LogP contribution >= 0.6 is 0 Å². The third-order valence-electron chi connectivity index (χ3n) is 5.40. The SMILES string of the molecule is CC(C)(C)OC(=O)N1C2CCCC1CC(O)(Cc1cc(F)ccc1C#N)C2. The Labute approximate surface area is 159 Å². The maximum atomic E-state index is 13.7. The van der Waals surface area contributed by atoms with Crippen molar-refractivity contribution in [2.75, 3.05) is 0 Å². The van der Waals surface area contributed by atoms with Gasteiger partial charge in [0.1, 0.15) is 11.4 Å². The summed E-state index contributed by atoms with van der Waals surface area (Å²) >= 11 is 0. The quantitative estimate of drug-likeness (QED) is 0.851. The van der Waals surface area contributed by atoms with Crippen LogP contribution in [0.25, 0.3) is 0 Å². The van der Waals surface area contributed by atoms with E-state index >= 15 is 0 Å². The predicted molar refractivity (Wildman–Crippen MR) is 98.5 cm³/mol. The summed E-state index contributed by atoms with van der Waals surface area (Å²) < 4.78 is 19.2. The number of fused-ring (bicyclic) bond motifs is 2. The van der Waals surface area contributed by atoms with E-state index in [9.17, 15) is 19.6 Å². The molecule has 2 bridgehead atoms. The minimum atomic E-state index is -1.06. The van der Waals surface area contributed by atoms with Crippen LogP contribution in [-0.2, 0) is 11.2 Å². The van der Waals surface area contributed by atoms with Crippen LogP contribution in [-0.4, -0.2) is 39.4 Å². The zero-order valence-corrected chi connectivity index (χ0v) is 16.2. The lowest BCUT2D eigenvalue weighted by molar-refractivity contribution is -0.0919. The Morgan fingerprint density at radius 1 is 1.37 bits per heavy atom. The summed E-state index contributed by atoms with van der Waals surface area (Å²) in [5.74, 6) is -0.418. The lowest BCUT2D eigenvalue weighted by Crippen LogP contribution is -2.61. The highest BCUT2D eigenvalue weighted by molar-refractivity contribution is 5.69. The van der Waals surface area contributed by atoms with Gasteiger partial charge < -0.3 is 14.7 Å². The lowest BCUT2D eigenvalue weighted by Gasteiger charge is -2.51. The molecule has 2 unspecified atom stereocenters. The second kappa shape index (κ2) is 7.12. The van der Waals surface area contributed by atoms with Crippen LogP contribution < -0.4 is 0 Å². The van der Waals surface area contributed by atoms with Crippen molar-refractivity contribution in [2.45, 2.75) is 82.6 Å². The largest absolute Gasteiger partial charge is 0.444 e. The normalized spacial score (nSPS) is 27.8. The Hall–Kier alpha value is -2.13. The van der Waals surface area contributed by atoms with E-state index < -0.39 is 17.0 Å². The van der Waals surface area contributed by atoms with Crippen LogP contribution in [0.2, 0.25) is 0 Å². The number of nitriles is 1. The predicted octanol–water partition coefficient (Wildman–Crippen LogP) is 3.92. The highest BCUT2D eigenvalue weighted by atomic mass is 19.1. The summed E-state index contributed by atoms with van der Waals surface area (Å²) in [6.07, 6.45) is 3.33. The topological polar surface area (TPSA) is 73.6 Å². The summed E-state index contributed by atoms with van der Waals surface area (Å²) in [6, 6.07) is 5.90. The number of amides is 1. The van der Waals surface area contributed by atoms with Gasteiger partial charge in [0.05, 0.1) is 17.2 Å². The first-order chi connectivity index (χ1) is 12.6. The molecule has 6 heteroatoms. The van der Waals surface area contributed by atoms with Crippen molar-refractivity contribution in [1.29, 1.82) is 5.26 Å². The number of aliphatic hydroxyl groups is 1. The van der Waals surface area contributed by atoms with Crippen LogP contribution in [0.5, 0.6) is 0 Å². The molecule has 0 radical (unpaired) electrons. The molecule has 5 nitrogen and oxygen atoms in total. The zero-order chi connectivity index (χ0) is 19.8. The number of halogens is 1. The highest BCUT2D eigenvalue weighted by Crippen LogP contribution is 2.41. The Morgan fingerprint density at radius 3 is 2.56 bits per heavy atom. The summed E-state index contributed by atoms with van der Waals surface area (Å²) in [5, 5.41) is 20.5. The van der Waals surface area contributed by atoms with Crippen molar-refractivity contribution in [3.63, 3.8) is 0 Å². The van der Waals surface area contributed by atoms with E-state index in [-0.39, 0.29) is 24.6 Å². The van der Waals surface area contributed by atoms with E-state index in [0.717, 1.165) is 19.3 Å². The van der Waals surface area contributed by atoms with Gasteiger partial charge in [0.2, 0.25) is 0 Å². The van der Waals surface area contributed by atoms with Gasteiger partial charge in [-0.1, -0.05) is 0 Å². The Bertz CT molecular complexity index is 752. The molecule has 0 saturated carbocycles. The Morgan fingerprint density at radius 2 is 2.00 bits per heavy atom. The molecule has 0 aromatic heterocycles. The molecule has 2 aliphatic heterocycles. The molecular weight excluding hydrogens is 347 g/mol. The van der Waals surface area contributed by atoms with Crippen molar-refractivity contribution in [3.8, 4) is 6.07 Å². The fraction of sp³-hybridized carbons (Fsp3) is 0.619. The number of carbonyl (C=O) groups excluding carboxylic acids is 1. The summed E-state index contributed by atoms with van der Waals surface area (Å²) in [7, 11) is 0. The summed E-state index contributed by atoms with van der Waals surface area (Å²) in [5.41, 5.74) is -0.732. The van der Waals surface area contributed by atoms with E-state index in [0.29, 0.717) is 24.0 Å². The maximum Gasteiger partial charge on any atom is 0.410 e. The third kappa shape index (κ3) is 4.41. The number of rotatable bonds is 2. The number of hydrogen-bond donors (Lipinski definition) is 1. The van der Waals surface area contributed by atoms with Crippen molar-refractivity contribution in [1.82, 2.24) is 4.90 Å². The molecule has 2 saturated heterocycles. The zero-order valence-electron chi connectivity index (χ0n) is 16.2. The molecular formula is C21H27FN2O3. The first-order valence-electron chi connectivity index (χ1n) is 9.52. The van der Waals surface area contributed by atoms with Gasteiger partial charge >= 0.3 is 6.09 Å². The van der Waals surface area contributed by atoms with Crippen molar-refractivity contribution >= 4 is 6.09 Å². The van der Waals surface area contributed by atoms with Crippen molar-refractivity contribution in [3.05, 3.63) is 35.1 Å². The number of nitrogens with zero attached hydrogens (tertiary/aromatic N) is 2. The average Bonchev–Trinajstić information content (AvgIpc) is 2.52. The minimum Gasteiger partial charge on any atom is -0.444 e. The van der Waals surface area contributed by atoms with Crippen LogP contribution in [0, 0.1) is 17.1 Å². The standard InChI is InChI=1S/C21H27FN2O3/c1-20(2,3)27-19(25)24-17-5-4-6-18(24)12-21(26,11-17)10-15-9-16(22)8-7-14(15)13-23/h7-9,17-18,26H,4-6,10-12H2,1-3H3. The van der Waals surface area contributed by atoms with E-state index in [4.69, 9.17) is 4.74 Å². The molecule has 27 heavy (non-hydrogen) atoms. The molecule has 2 fully saturated rings. The monoisotopic (exact) mass is 374 g/mol. The smallest absolute Gasteiger partial charge is 0.410 e. The number of carbonyl (C=O) groups is 1. The third-order valence-corrected chi connectivity index (χ3v) is 5.40. The van der Waals surface area contributed by atoms with Crippen LogP contribution in [0.4, 0.5) is 9.18 Å². The molecule has 2 aliphatic rings. The summed E-state index contributed by atoms with van der Waals surface area (Å²) in [4.78, 5) is 14.5. The number of ether oxygens (including phenoxy) is 1. The summed E-state index contributed by atoms with van der Waals surface area (Å²) in [6.45, 7) is 5.52. The van der Waals surface area contributed by atoms with Gasteiger partial charge in [0.25, 0.3) is 0 Å². The van der Waals surface area contributed by atoms with Crippen LogP contribution in [0.15, 0.2) is 18.2 Å². The molecule has 1 amide bonds. The van der Waals surface area contributed by atoms with Crippen molar-refractivity contribution in [2.24, 2.45) is 0 Å². The maximum absolute atomic E-state index is 13.7. The van der Waals surface area contributed by atoms with Gasteiger partial charge in [0, 0.05) is 18.5 Å².